The molecule has 4 nitrogen and oxygen atoms in total. The van der Waals surface area contributed by atoms with E-state index in [1.807, 2.05) is 35.7 Å². The van der Waals surface area contributed by atoms with Crippen LogP contribution < -0.4 is 11.3 Å². The minimum absolute atomic E-state index is 0.684. The van der Waals surface area contributed by atoms with Crippen molar-refractivity contribution in [3.8, 4) is 0 Å². The number of anilines is 1. The Labute approximate surface area is 135 Å². The van der Waals surface area contributed by atoms with Gasteiger partial charge in [-0.15, -0.1) is 23.1 Å². The Morgan fingerprint density at radius 2 is 1.95 bits per heavy atom. The largest absolute Gasteiger partial charge is 0.308 e. The number of thioether (sulfide) groups is 1. The van der Waals surface area contributed by atoms with Gasteiger partial charge in [0.1, 0.15) is 10.7 Å². The van der Waals surface area contributed by atoms with Crippen LogP contribution in [0.25, 0.3) is 10.2 Å². The predicted molar refractivity (Wildman–Crippen MR) is 91.7 cm³/mol. The number of nitrogen functional groups attached to an aromatic ring is 1. The van der Waals surface area contributed by atoms with Gasteiger partial charge in [-0.1, -0.05) is 23.7 Å². The van der Waals surface area contributed by atoms with Crippen molar-refractivity contribution in [2.75, 3.05) is 5.43 Å². The van der Waals surface area contributed by atoms with Crippen LogP contribution in [0.5, 0.6) is 0 Å². The molecule has 0 saturated carbocycles. The van der Waals surface area contributed by atoms with Crippen LogP contribution in [-0.4, -0.2) is 9.97 Å². The van der Waals surface area contributed by atoms with E-state index in [0.29, 0.717) is 5.82 Å². The molecular weight excluding hydrogens is 324 g/mol. The van der Waals surface area contributed by atoms with E-state index >= 15 is 0 Å². The average Bonchev–Trinajstić information content (AvgIpc) is 2.97. The molecule has 0 aliphatic carbocycles. The summed E-state index contributed by atoms with van der Waals surface area (Å²) in [5, 5.41) is 3.72. The molecule has 108 valence electrons. The van der Waals surface area contributed by atoms with Gasteiger partial charge in [-0.25, -0.2) is 15.8 Å². The van der Waals surface area contributed by atoms with Crippen LogP contribution in [0.1, 0.15) is 11.4 Å². The highest BCUT2D eigenvalue weighted by Gasteiger charge is 2.08. The first-order valence-corrected chi connectivity index (χ1v) is 8.70. The van der Waals surface area contributed by atoms with Gasteiger partial charge in [0.25, 0.3) is 0 Å². The SMILES string of the molecule is NNc1nc(CSCc2ccc(Cl)cc2)nc2sccc12. The fourth-order valence-electron chi connectivity index (χ4n) is 1.91. The quantitative estimate of drug-likeness (QED) is 0.543. The van der Waals surface area contributed by atoms with Crippen molar-refractivity contribution >= 4 is 50.7 Å². The molecule has 7 heteroatoms. The van der Waals surface area contributed by atoms with Gasteiger partial charge in [0.15, 0.2) is 5.82 Å². The number of nitrogens with one attached hydrogen (secondary N) is 1. The lowest BCUT2D eigenvalue weighted by molar-refractivity contribution is 1.06. The number of hydrazine groups is 1. The van der Waals surface area contributed by atoms with E-state index in [-0.39, 0.29) is 0 Å². The number of hydrogen-bond donors (Lipinski definition) is 2. The topological polar surface area (TPSA) is 63.8 Å². The van der Waals surface area contributed by atoms with Gasteiger partial charge in [-0.2, -0.15) is 0 Å². The third kappa shape index (κ3) is 3.47. The highest BCUT2D eigenvalue weighted by molar-refractivity contribution is 7.97. The van der Waals surface area contributed by atoms with Crippen molar-refractivity contribution in [3.05, 3.63) is 52.1 Å². The molecule has 0 atom stereocenters. The van der Waals surface area contributed by atoms with Crippen molar-refractivity contribution in [2.24, 2.45) is 5.84 Å². The number of aromatic nitrogens is 2. The number of hydrogen-bond acceptors (Lipinski definition) is 6. The predicted octanol–water partition coefficient (Wildman–Crippen LogP) is 4.06. The second-order valence-corrected chi connectivity index (χ2v) is 6.71. The molecule has 0 aliphatic heterocycles. The summed E-state index contributed by atoms with van der Waals surface area (Å²) in [5.41, 5.74) is 3.88. The zero-order valence-corrected chi connectivity index (χ0v) is 13.4. The highest BCUT2D eigenvalue weighted by Crippen LogP contribution is 2.26. The monoisotopic (exact) mass is 336 g/mol. The first kappa shape index (κ1) is 14.6. The van der Waals surface area contributed by atoms with Gasteiger partial charge < -0.3 is 5.43 Å². The van der Waals surface area contributed by atoms with Crippen LogP contribution in [0.3, 0.4) is 0 Å². The summed E-state index contributed by atoms with van der Waals surface area (Å²) in [5.74, 6) is 8.63. The summed E-state index contributed by atoms with van der Waals surface area (Å²) in [7, 11) is 0. The lowest BCUT2D eigenvalue weighted by Gasteiger charge is -2.05. The van der Waals surface area contributed by atoms with Crippen LogP contribution in [0, 0.1) is 0 Å². The molecular formula is C14H13ClN4S2. The van der Waals surface area contributed by atoms with Crippen molar-refractivity contribution in [3.63, 3.8) is 0 Å². The molecule has 3 aromatic rings. The van der Waals surface area contributed by atoms with E-state index in [0.717, 1.165) is 32.6 Å². The van der Waals surface area contributed by atoms with E-state index in [9.17, 15) is 0 Å². The maximum atomic E-state index is 5.88. The minimum Gasteiger partial charge on any atom is -0.308 e. The van der Waals surface area contributed by atoms with Gasteiger partial charge in [-0.3, -0.25) is 0 Å². The van der Waals surface area contributed by atoms with Crippen LogP contribution in [0.4, 0.5) is 5.82 Å². The third-order valence-corrected chi connectivity index (χ3v) is 4.98. The van der Waals surface area contributed by atoms with E-state index in [1.165, 1.54) is 5.56 Å². The normalized spacial score (nSPS) is 11.0. The van der Waals surface area contributed by atoms with Crippen molar-refractivity contribution in [2.45, 2.75) is 11.5 Å². The molecule has 3 rings (SSSR count). The lowest BCUT2D eigenvalue weighted by atomic mass is 10.2. The van der Waals surface area contributed by atoms with Gasteiger partial charge in [0, 0.05) is 10.8 Å². The summed E-state index contributed by atoms with van der Waals surface area (Å²) in [6, 6.07) is 9.85. The highest BCUT2D eigenvalue weighted by atomic mass is 35.5. The molecule has 0 aliphatic rings. The van der Waals surface area contributed by atoms with E-state index < -0.39 is 0 Å². The number of rotatable bonds is 5. The Balaban J connectivity index is 1.68. The molecule has 0 spiro atoms. The van der Waals surface area contributed by atoms with E-state index in [4.69, 9.17) is 17.4 Å². The summed E-state index contributed by atoms with van der Waals surface area (Å²) in [6.45, 7) is 0. The van der Waals surface area contributed by atoms with Crippen molar-refractivity contribution in [1.29, 1.82) is 0 Å². The Bertz CT molecular complexity index is 742. The molecule has 1 aromatic carbocycles. The number of benzene rings is 1. The molecule has 0 radical (unpaired) electrons. The molecule has 0 bridgehead atoms. The van der Waals surface area contributed by atoms with E-state index in [1.54, 1.807) is 23.1 Å². The van der Waals surface area contributed by atoms with Crippen LogP contribution in [0.15, 0.2) is 35.7 Å². The van der Waals surface area contributed by atoms with Crippen molar-refractivity contribution in [1.82, 2.24) is 9.97 Å². The molecule has 0 amide bonds. The molecule has 0 fully saturated rings. The average molecular weight is 337 g/mol. The van der Waals surface area contributed by atoms with Gasteiger partial charge in [0.2, 0.25) is 0 Å². The zero-order valence-electron chi connectivity index (χ0n) is 11.0. The van der Waals surface area contributed by atoms with Crippen molar-refractivity contribution < 1.29 is 0 Å². The fourth-order valence-corrected chi connectivity index (χ4v) is 3.67. The van der Waals surface area contributed by atoms with Crippen LogP contribution in [0.2, 0.25) is 5.02 Å². The minimum atomic E-state index is 0.684. The summed E-state index contributed by atoms with van der Waals surface area (Å²) >= 11 is 9.23. The Hall–Kier alpha value is -1.34. The molecule has 0 unspecified atom stereocenters. The summed E-state index contributed by atoms with van der Waals surface area (Å²) < 4.78 is 0. The lowest BCUT2D eigenvalue weighted by Crippen LogP contribution is -2.10. The Morgan fingerprint density at radius 1 is 1.14 bits per heavy atom. The van der Waals surface area contributed by atoms with Gasteiger partial charge >= 0.3 is 0 Å². The maximum absolute atomic E-state index is 5.88. The number of thiophene rings is 1. The van der Waals surface area contributed by atoms with Crippen LogP contribution >= 0.6 is 34.7 Å². The molecule has 0 saturated heterocycles. The first-order valence-electron chi connectivity index (χ1n) is 6.29. The standard InChI is InChI=1S/C14H13ClN4S2/c15-10-3-1-9(2-4-10)7-20-8-12-17-13(19-16)11-5-6-21-14(11)18-12/h1-6H,7-8,16H2,(H,17,18,19). The third-order valence-electron chi connectivity index (χ3n) is 2.92. The number of halogens is 1. The Morgan fingerprint density at radius 3 is 2.71 bits per heavy atom. The second kappa shape index (κ2) is 6.62. The molecule has 2 heterocycles. The molecule has 21 heavy (non-hydrogen) atoms. The number of nitrogens with zero attached hydrogens (tertiary/aromatic N) is 2. The van der Waals surface area contributed by atoms with Crippen LogP contribution in [-0.2, 0) is 11.5 Å². The van der Waals surface area contributed by atoms with Gasteiger partial charge in [-0.05, 0) is 29.1 Å². The zero-order chi connectivity index (χ0) is 14.7. The number of nitrogens with two attached hydrogens (primary N) is 1. The number of fused-ring (bicyclic) bond motifs is 1. The molecule has 3 N–H and O–H groups in total. The smallest absolute Gasteiger partial charge is 0.152 e. The summed E-state index contributed by atoms with van der Waals surface area (Å²) in [6.07, 6.45) is 0. The molecule has 2 aromatic heterocycles. The summed E-state index contributed by atoms with van der Waals surface area (Å²) in [4.78, 5) is 9.97. The van der Waals surface area contributed by atoms with E-state index in [2.05, 4.69) is 15.4 Å². The first-order chi connectivity index (χ1) is 10.3. The fraction of sp³-hybridized carbons (Fsp3) is 0.143. The second-order valence-electron chi connectivity index (χ2n) is 4.39. The van der Waals surface area contributed by atoms with Gasteiger partial charge in [0.05, 0.1) is 11.1 Å². The Kier molecular flexibility index (Phi) is 4.60. The maximum Gasteiger partial charge on any atom is 0.152 e.